The van der Waals surface area contributed by atoms with Crippen molar-refractivity contribution < 1.29 is 14.7 Å². The Morgan fingerprint density at radius 3 is 2.43 bits per heavy atom. The van der Waals surface area contributed by atoms with Gasteiger partial charge in [-0.2, -0.15) is 0 Å². The van der Waals surface area contributed by atoms with Crippen molar-refractivity contribution >= 4 is 5.91 Å². The Balaban J connectivity index is 2.33. The quantitative estimate of drug-likeness (QED) is 0.668. The molecule has 2 aromatic rings. The Morgan fingerprint density at radius 2 is 1.67 bits per heavy atom. The van der Waals surface area contributed by atoms with Gasteiger partial charge in [0.1, 0.15) is 11.5 Å². The lowest BCUT2D eigenvalue weighted by Gasteiger charge is -2.02. The number of nitrogens with one attached hydrogen (secondary N) is 1. The van der Waals surface area contributed by atoms with Gasteiger partial charge >= 0.3 is 0 Å². The average molecular weight is 283 g/mol. The molecule has 0 aromatic carbocycles. The summed E-state index contributed by atoms with van der Waals surface area (Å²) in [6.07, 6.45) is 6.11. The van der Waals surface area contributed by atoms with Crippen molar-refractivity contribution in [1.82, 2.24) is 15.4 Å². The first kappa shape index (κ1) is 14.4. The van der Waals surface area contributed by atoms with Gasteiger partial charge in [0.2, 0.25) is 0 Å². The highest BCUT2D eigenvalue weighted by Gasteiger charge is 2.00. The third-order valence-electron chi connectivity index (χ3n) is 2.43. The van der Waals surface area contributed by atoms with Gasteiger partial charge in [-0.1, -0.05) is 6.07 Å². The van der Waals surface area contributed by atoms with E-state index in [0.29, 0.717) is 11.5 Å². The largest absolute Gasteiger partial charge is 0.457 e. The summed E-state index contributed by atoms with van der Waals surface area (Å²) in [5.41, 5.74) is 1.77. The molecule has 106 valence electrons. The van der Waals surface area contributed by atoms with Crippen LogP contribution < -0.4 is 10.2 Å². The second kappa shape index (κ2) is 7.56. The molecule has 2 N–H and O–H groups in total. The van der Waals surface area contributed by atoms with E-state index in [4.69, 9.17) is 9.94 Å². The SMILES string of the molecule is O=C(NO)c1cccc(Oc2ccncc2)cccnc1. The van der Waals surface area contributed by atoms with Crippen LogP contribution in [0, 0.1) is 0 Å². The highest BCUT2D eigenvalue weighted by Crippen LogP contribution is 2.18. The first-order chi connectivity index (χ1) is 10.3. The van der Waals surface area contributed by atoms with E-state index in [2.05, 4.69) is 9.97 Å². The fourth-order valence-electron chi connectivity index (χ4n) is 1.47. The van der Waals surface area contributed by atoms with Crippen LogP contribution in [0.5, 0.6) is 11.5 Å². The zero-order valence-electron chi connectivity index (χ0n) is 11.0. The Hall–Kier alpha value is -2.99. The van der Waals surface area contributed by atoms with Crippen molar-refractivity contribution in [2.24, 2.45) is 0 Å². The highest BCUT2D eigenvalue weighted by atomic mass is 16.5. The zero-order valence-corrected chi connectivity index (χ0v) is 11.0. The summed E-state index contributed by atoms with van der Waals surface area (Å²) in [5.74, 6) is 0.569. The molecule has 0 aliphatic rings. The molecule has 0 aliphatic heterocycles. The number of pyridine rings is 1. The van der Waals surface area contributed by atoms with E-state index < -0.39 is 5.91 Å². The minimum atomic E-state index is -0.641. The first-order valence-corrected chi connectivity index (χ1v) is 6.10. The highest BCUT2D eigenvalue weighted by molar-refractivity contribution is 5.92. The van der Waals surface area contributed by atoms with E-state index >= 15 is 0 Å². The third kappa shape index (κ3) is 4.55. The summed E-state index contributed by atoms with van der Waals surface area (Å²) >= 11 is 0. The molecule has 0 saturated heterocycles. The van der Waals surface area contributed by atoms with E-state index in [9.17, 15) is 4.79 Å². The van der Waals surface area contributed by atoms with Gasteiger partial charge in [-0.3, -0.25) is 20.0 Å². The van der Waals surface area contributed by atoms with Gasteiger partial charge in [0.05, 0.1) is 5.56 Å². The standard InChI is InChI=1S/C15H13N3O3/c19-15(18-20)12-3-1-4-13(5-2-8-17-11-12)21-14-6-9-16-10-7-14/h1-11,20H,(H,18,19). The van der Waals surface area contributed by atoms with Crippen LogP contribution in [0.25, 0.3) is 0 Å². The maximum Gasteiger partial charge on any atom is 0.276 e. The number of ether oxygens (including phenoxy) is 1. The normalized spacial score (nSPS) is 9.38. The molecule has 6 nitrogen and oxygen atoms in total. The molecule has 0 spiro atoms. The van der Waals surface area contributed by atoms with Crippen molar-refractivity contribution in [2.45, 2.75) is 0 Å². The summed E-state index contributed by atoms with van der Waals surface area (Å²) in [5, 5.41) is 8.64. The maximum absolute atomic E-state index is 11.4. The molecule has 2 aromatic heterocycles. The van der Waals surface area contributed by atoms with E-state index in [0.717, 1.165) is 0 Å². The van der Waals surface area contributed by atoms with Crippen molar-refractivity contribution in [2.75, 3.05) is 0 Å². The monoisotopic (exact) mass is 283 g/mol. The maximum atomic E-state index is 11.4. The molecule has 0 atom stereocenters. The summed E-state index contributed by atoms with van der Waals surface area (Å²) in [4.78, 5) is 19.2. The molecule has 21 heavy (non-hydrogen) atoms. The average Bonchev–Trinajstić information content (AvgIpc) is 2.53. The van der Waals surface area contributed by atoms with Crippen molar-refractivity contribution in [3.05, 3.63) is 72.8 Å². The Morgan fingerprint density at radius 1 is 0.952 bits per heavy atom. The molecule has 2 rings (SSSR count). The van der Waals surface area contributed by atoms with E-state index in [-0.39, 0.29) is 5.56 Å². The number of carbonyl (C=O) groups is 1. The Kier molecular flexibility index (Phi) is 5.19. The van der Waals surface area contributed by atoms with Crippen molar-refractivity contribution in [3.8, 4) is 11.5 Å². The van der Waals surface area contributed by atoms with E-state index in [1.165, 1.54) is 18.5 Å². The predicted molar refractivity (Wildman–Crippen MR) is 75.4 cm³/mol. The second-order valence-corrected chi connectivity index (χ2v) is 3.90. The molecule has 6 heteroatoms. The molecule has 0 radical (unpaired) electrons. The van der Waals surface area contributed by atoms with Gasteiger partial charge in [0, 0.05) is 24.8 Å². The Bertz CT molecular complexity index is 661. The van der Waals surface area contributed by atoms with Gasteiger partial charge in [-0.15, -0.1) is 0 Å². The number of rotatable bonds is 3. The smallest absolute Gasteiger partial charge is 0.276 e. The summed E-state index contributed by atoms with van der Waals surface area (Å²) in [6.45, 7) is 0. The Labute approximate surface area is 121 Å². The van der Waals surface area contributed by atoms with Crippen LogP contribution in [-0.2, 0) is 0 Å². The number of hydroxylamine groups is 1. The fourth-order valence-corrected chi connectivity index (χ4v) is 1.47. The van der Waals surface area contributed by atoms with Crippen LogP contribution in [0.3, 0.4) is 0 Å². The van der Waals surface area contributed by atoms with Crippen LogP contribution in [0.15, 0.2) is 67.3 Å². The number of carbonyl (C=O) groups excluding carboxylic acids is 1. The first-order valence-electron chi connectivity index (χ1n) is 6.10. The van der Waals surface area contributed by atoms with Crippen LogP contribution in [0.1, 0.15) is 10.4 Å². The van der Waals surface area contributed by atoms with Gasteiger partial charge in [0.15, 0.2) is 0 Å². The van der Waals surface area contributed by atoms with Crippen molar-refractivity contribution in [1.29, 1.82) is 0 Å². The minimum absolute atomic E-state index is 0.212. The number of hydrogen-bond donors (Lipinski definition) is 2. The van der Waals surface area contributed by atoms with Crippen LogP contribution >= 0.6 is 0 Å². The molecule has 1 amide bonds. The van der Waals surface area contributed by atoms with E-state index in [1.807, 2.05) is 0 Å². The van der Waals surface area contributed by atoms with Crippen LogP contribution in [0.2, 0.25) is 0 Å². The lowest BCUT2D eigenvalue weighted by atomic mass is 10.3. The number of hydrogen-bond acceptors (Lipinski definition) is 5. The van der Waals surface area contributed by atoms with Crippen LogP contribution in [0.4, 0.5) is 0 Å². The fraction of sp³-hybridized carbons (Fsp3) is 0. The summed E-state index contributed by atoms with van der Waals surface area (Å²) in [7, 11) is 0. The lowest BCUT2D eigenvalue weighted by molar-refractivity contribution is 0.0706. The lowest BCUT2D eigenvalue weighted by Crippen LogP contribution is -2.18. The molecule has 0 unspecified atom stereocenters. The molecule has 2 heterocycles. The van der Waals surface area contributed by atoms with Gasteiger partial charge in [0.25, 0.3) is 5.91 Å². The topological polar surface area (TPSA) is 84.3 Å². The van der Waals surface area contributed by atoms with E-state index in [1.54, 1.807) is 54.3 Å². The molecular weight excluding hydrogens is 270 g/mol. The third-order valence-corrected chi connectivity index (χ3v) is 2.43. The number of aromatic nitrogens is 2. The van der Waals surface area contributed by atoms with Crippen LogP contribution in [-0.4, -0.2) is 21.1 Å². The van der Waals surface area contributed by atoms with Gasteiger partial charge in [-0.25, -0.2) is 5.48 Å². The number of amides is 1. The zero-order chi connectivity index (χ0) is 14.9. The molecule has 0 aliphatic carbocycles. The molecule has 0 saturated carbocycles. The summed E-state index contributed by atoms with van der Waals surface area (Å²) in [6, 6.07) is 11.7. The predicted octanol–water partition coefficient (Wildman–Crippen LogP) is 2.51. The van der Waals surface area contributed by atoms with Gasteiger partial charge < -0.3 is 4.74 Å². The number of nitrogens with zero attached hydrogens (tertiary/aromatic N) is 2. The minimum Gasteiger partial charge on any atom is -0.457 e. The van der Waals surface area contributed by atoms with Crippen molar-refractivity contribution in [3.63, 3.8) is 0 Å². The molecule has 0 fully saturated rings. The second-order valence-electron chi connectivity index (χ2n) is 3.90. The summed E-state index contributed by atoms with van der Waals surface area (Å²) < 4.78 is 5.66. The van der Waals surface area contributed by atoms with Gasteiger partial charge in [-0.05, 0) is 36.4 Å². The molecule has 0 bridgehead atoms. The molecular formula is C15H13N3O3.